The van der Waals surface area contributed by atoms with Crippen LogP contribution in [0.4, 0.5) is 4.39 Å². The molecule has 142 valence electrons. The SMILES string of the molecule is CC(=O)OC[C@H]1O[C@](O)(F)[C@H](OC(C)=O)[C@@H](OC(C)=O)[C@@H]1OC(C)=O. The van der Waals surface area contributed by atoms with Gasteiger partial charge in [0, 0.05) is 27.7 Å². The topological polar surface area (TPSA) is 135 Å². The number of alkyl halides is 1. The second-order valence-corrected chi connectivity index (χ2v) is 5.25. The highest BCUT2D eigenvalue weighted by molar-refractivity contribution is 5.68. The van der Waals surface area contributed by atoms with Crippen LogP contribution in [-0.2, 0) is 42.9 Å². The summed E-state index contributed by atoms with van der Waals surface area (Å²) in [5, 5.41) is 9.82. The highest BCUT2D eigenvalue weighted by Gasteiger charge is 2.60. The maximum Gasteiger partial charge on any atom is 0.360 e. The van der Waals surface area contributed by atoms with E-state index < -0.39 is 60.9 Å². The van der Waals surface area contributed by atoms with Crippen LogP contribution in [0.3, 0.4) is 0 Å². The summed E-state index contributed by atoms with van der Waals surface area (Å²) in [5.74, 6) is -3.55. The third-order valence-electron chi connectivity index (χ3n) is 3.00. The lowest BCUT2D eigenvalue weighted by Gasteiger charge is -2.44. The molecule has 0 spiro atoms. The van der Waals surface area contributed by atoms with Crippen LogP contribution in [0.1, 0.15) is 27.7 Å². The summed E-state index contributed by atoms with van der Waals surface area (Å²) in [5.41, 5.74) is 0. The summed E-state index contributed by atoms with van der Waals surface area (Å²) in [6.45, 7) is 3.36. The van der Waals surface area contributed by atoms with Gasteiger partial charge in [-0.2, -0.15) is 4.39 Å². The Balaban J connectivity index is 3.24. The van der Waals surface area contributed by atoms with Crippen molar-refractivity contribution in [1.29, 1.82) is 0 Å². The quantitative estimate of drug-likeness (QED) is 0.494. The standard InChI is InChI=1S/C14H19FO10/c1-6(16)21-5-10-11(22-7(2)17)12(23-8(3)18)13(24-9(4)19)14(15,20)25-10/h10-13,20H,5H2,1-4H3/t10-,11-,12+,13-,14+/m1/s1. The molecule has 10 nitrogen and oxygen atoms in total. The number of rotatable bonds is 5. The van der Waals surface area contributed by atoms with Crippen LogP contribution >= 0.6 is 0 Å². The van der Waals surface area contributed by atoms with Gasteiger partial charge in [-0.3, -0.25) is 19.2 Å². The lowest BCUT2D eigenvalue weighted by Crippen LogP contribution is -2.66. The molecule has 0 aromatic rings. The zero-order valence-corrected chi connectivity index (χ0v) is 14.0. The van der Waals surface area contributed by atoms with Crippen molar-refractivity contribution in [2.45, 2.75) is 58.2 Å². The van der Waals surface area contributed by atoms with Crippen molar-refractivity contribution >= 4 is 23.9 Å². The van der Waals surface area contributed by atoms with Crippen molar-refractivity contribution in [3.63, 3.8) is 0 Å². The van der Waals surface area contributed by atoms with Crippen molar-refractivity contribution in [3.05, 3.63) is 0 Å². The Morgan fingerprint density at radius 2 is 1.40 bits per heavy atom. The second-order valence-electron chi connectivity index (χ2n) is 5.25. The van der Waals surface area contributed by atoms with Crippen LogP contribution in [-0.4, -0.2) is 66.0 Å². The van der Waals surface area contributed by atoms with E-state index in [1.165, 1.54) is 0 Å². The third kappa shape index (κ3) is 5.94. The summed E-state index contributed by atoms with van der Waals surface area (Å²) in [6, 6.07) is -3.59. The normalized spacial score (nSPS) is 31.6. The summed E-state index contributed by atoms with van der Waals surface area (Å²) >= 11 is 0. The van der Waals surface area contributed by atoms with E-state index in [1.54, 1.807) is 0 Å². The van der Waals surface area contributed by atoms with Crippen LogP contribution in [0.15, 0.2) is 0 Å². The summed E-state index contributed by atoms with van der Waals surface area (Å²) in [7, 11) is 0. The second kappa shape index (κ2) is 8.21. The number of carbonyl (C=O) groups is 4. The average molecular weight is 366 g/mol. The fourth-order valence-electron chi connectivity index (χ4n) is 2.23. The number of ether oxygens (including phenoxy) is 5. The molecule has 0 unspecified atom stereocenters. The van der Waals surface area contributed by atoms with E-state index in [4.69, 9.17) is 14.2 Å². The van der Waals surface area contributed by atoms with Gasteiger partial charge in [-0.05, 0) is 0 Å². The van der Waals surface area contributed by atoms with Crippen LogP contribution in [0.2, 0.25) is 0 Å². The molecule has 1 rings (SSSR count). The molecule has 0 aliphatic carbocycles. The van der Waals surface area contributed by atoms with Gasteiger partial charge in [0.25, 0.3) is 0 Å². The Morgan fingerprint density at radius 3 is 1.84 bits per heavy atom. The van der Waals surface area contributed by atoms with E-state index in [9.17, 15) is 28.7 Å². The highest BCUT2D eigenvalue weighted by Crippen LogP contribution is 2.35. The van der Waals surface area contributed by atoms with Crippen molar-refractivity contribution in [2.24, 2.45) is 0 Å². The lowest BCUT2D eigenvalue weighted by atomic mass is 9.97. The number of carbonyl (C=O) groups excluding carboxylic acids is 4. The van der Waals surface area contributed by atoms with E-state index in [0.717, 1.165) is 27.7 Å². The van der Waals surface area contributed by atoms with Gasteiger partial charge in [-0.25, -0.2) is 0 Å². The lowest BCUT2D eigenvalue weighted by molar-refractivity contribution is -0.403. The predicted molar refractivity (Wildman–Crippen MR) is 74.2 cm³/mol. The first kappa shape index (κ1) is 20.8. The Labute approximate surface area is 142 Å². The van der Waals surface area contributed by atoms with E-state index in [-0.39, 0.29) is 0 Å². The van der Waals surface area contributed by atoms with Crippen LogP contribution < -0.4 is 0 Å². The van der Waals surface area contributed by atoms with Crippen molar-refractivity contribution in [2.75, 3.05) is 6.61 Å². The fourth-order valence-corrected chi connectivity index (χ4v) is 2.23. The molecule has 1 saturated heterocycles. The summed E-state index contributed by atoms with van der Waals surface area (Å²) < 4.78 is 38.3. The van der Waals surface area contributed by atoms with E-state index in [1.807, 2.05) is 0 Å². The molecular formula is C14H19FO10. The maximum atomic E-state index is 14.5. The zero-order valence-electron chi connectivity index (χ0n) is 14.0. The van der Waals surface area contributed by atoms with Gasteiger partial charge in [0.1, 0.15) is 12.7 Å². The van der Waals surface area contributed by atoms with Gasteiger partial charge in [0.2, 0.25) is 6.10 Å². The van der Waals surface area contributed by atoms with Gasteiger partial charge in [-0.15, -0.1) is 0 Å². The number of hydrogen-bond acceptors (Lipinski definition) is 10. The number of aliphatic hydroxyl groups is 1. The molecule has 0 aromatic heterocycles. The van der Waals surface area contributed by atoms with Crippen LogP contribution in [0.5, 0.6) is 0 Å². The molecule has 0 saturated carbocycles. The van der Waals surface area contributed by atoms with Crippen molar-refractivity contribution in [1.82, 2.24) is 0 Å². The first-order chi connectivity index (χ1) is 11.4. The van der Waals surface area contributed by atoms with Crippen molar-refractivity contribution in [3.8, 4) is 0 Å². The van der Waals surface area contributed by atoms with E-state index in [2.05, 4.69) is 9.47 Å². The minimum Gasteiger partial charge on any atom is -0.463 e. The Morgan fingerprint density at radius 1 is 0.920 bits per heavy atom. The summed E-state index contributed by atoms with van der Waals surface area (Å²) in [6.07, 6.45) is -6.92. The monoisotopic (exact) mass is 366 g/mol. The minimum atomic E-state index is -3.59. The molecule has 0 radical (unpaired) electrons. The van der Waals surface area contributed by atoms with Gasteiger partial charge >= 0.3 is 29.9 Å². The molecule has 1 aliphatic heterocycles. The molecule has 1 heterocycles. The molecule has 1 fully saturated rings. The van der Waals surface area contributed by atoms with Crippen molar-refractivity contribution < 1.29 is 52.4 Å². The Hall–Kier alpha value is -2.27. The van der Waals surface area contributed by atoms with Crippen LogP contribution in [0, 0.1) is 0 Å². The first-order valence-electron chi connectivity index (χ1n) is 7.18. The molecule has 25 heavy (non-hydrogen) atoms. The fraction of sp³-hybridized carbons (Fsp3) is 0.714. The van der Waals surface area contributed by atoms with Gasteiger partial charge in [0.15, 0.2) is 12.2 Å². The molecule has 0 bridgehead atoms. The van der Waals surface area contributed by atoms with Gasteiger partial charge < -0.3 is 28.8 Å². The van der Waals surface area contributed by atoms with Gasteiger partial charge in [0.05, 0.1) is 0 Å². The van der Waals surface area contributed by atoms with Gasteiger partial charge in [-0.1, -0.05) is 0 Å². The molecular weight excluding hydrogens is 347 g/mol. The van der Waals surface area contributed by atoms with E-state index in [0.29, 0.717) is 0 Å². The number of halogens is 1. The molecule has 11 heteroatoms. The molecule has 1 aliphatic rings. The first-order valence-corrected chi connectivity index (χ1v) is 7.18. The molecule has 1 N–H and O–H groups in total. The molecule has 5 atom stereocenters. The number of esters is 4. The summed E-state index contributed by atoms with van der Waals surface area (Å²) in [4.78, 5) is 44.8. The maximum absolute atomic E-state index is 14.5. The van der Waals surface area contributed by atoms with E-state index >= 15 is 0 Å². The highest BCUT2D eigenvalue weighted by atomic mass is 19.2. The minimum absolute atomic E-state index is 0.621. The Kier molecular flexibility index (Phi) is 6.82. The molecule has 0 amide bonds. The number of hydrogen-bond donors (Lipinski definition) is 1. The van der Waals surface area contributed by atoms with Crippen LogP contribution in [0.25, 0.3) is 0 Å². The largest absolute Gasteiger partial charge is 0.463 e. The third-order valence-corrected chi connectivity index (χ3v) is 3.00. The smallest absolute Gasteiger partial charge is 0.360 e. The molecule has 0 aromatic carbocycles. The average Bonchev–Trinajstić information content (AvgIpc) is 2.42. The predicted octanol–water partition coefficient (Wildman–Crippen LogP) is -0.641. The Bertz CT molecular complexity index is 546. The zero-order chi connectivity index (χ0) is 19.4.